The first-order valence-corrected chi connectivity index (χ1v) is 4.24. The van der Waals surface area contributed by atoms with E-state index in [9.17, 15) is 0 Å². The number of nitrogens with zero attached hydrogens (tertiary/aromatic N) is 2. The second kappa shape index (κ2) is 2.97. The van der Waals surface area contributed by atoms with Crippen molar-refractivity contribution in [3.8, 4) is 0 Å². The van der Waals surface area contributed by atoms with Gasteiger partial charge >= 0.3 is 0 Å². The van der Waals surface area contributed by atoms with Gasteiger partial charge in [0.05, 0.1) is 6.54 Å². The molecule has 1 unspecified atom stereocenters. The second-order valence-corrected chi connectivity index (χ2v) is 3.29. The van der Waals surface area contributed by atoms with Gasteiger partial charge in [-0.15, -0.1) is 0 Å². The third-order valence-electron chi connectivity index (χ3n) is 2.24. The summed E-state index contributed by atoms with van der Waals surface area (Å²) in [5.41, 5.74) is 1.09. The Morgan fingerprint density at radius 1 is 1.54 bits per heavy atom. The highest BCUT2D eigenvalue weighted by Crippen LogP contribution is 2.19. The average Bonchev–Trinajstić information content (AvgIpc) is 2.46. The van der Waals surface area contributed by atoms with Crippen LogP contribution < -0.4 is 0 Å². The summed E-state index contributed by atoms with van der Waals surface area (Å²) < 4.78 is 0. The van der Waals surface area contributed by atoms with Gasteiger partial charge in [0.1, 0.15) is 11.9 Å². The Bertz CT molecular complexity index is 305. The normalized spacial score (nSPS) is 26.2. The third-order valence-corrected chi connectivity index (χ3v) is 2.24. The second-order valence-electron chi connectivity index (χ2n) is 3.29. The van der Waals surface area contributed by atoms with E-state index in [-0.39, 0.29) is 6.04 Å². The Labute approximate surface area is 76.5 Å². The Hall–Kier alpha value is -1.13. The maximum absolute atomic E-state index is 9.06. The summed E-state index contributed by atoms with van der Waals surface area (Å²) in [5.74, 6) is 0.809. The molecule has 2 aliphatic heterocycles. The zero-order chi connectivity index (χ0) is 9.42. The van der Waals surface area contributed by atoms with Crippen molar-refractivity contribution in [2.75, 3.05) is 6.54 Å². The molecule has 0 saturated carbocycles. The van der Waals surface area contributed by atoms with Gasteiger partial charge in [0, 0.05) is 6.20 Å². The third kappa shape index (κ3) is 1.38. The summed E-state index contributed by atoms with van der Waals surface area (Å²) in [7, 11) is 0. The summed E-state index contributed by atoms with van der Waals surface area (Å²) in [6.07, 6.45) is 4.39. The largest absolute Gasteiger partial charge is 0.366 e. The van der Waals surface area contributed by atoms with E-state index >= 15 is 0 Å². The zero-order valence-electron chi connectivity index (χ0n) is 7.38. The highest BCUT2D eigenvalue weighted by atomic mass is 16.5. The highest BCUT2D eigenvalue weighted by molar-refractivity contribution is 5.96. The number of fused-ring (bicyclic) bond motifs is 1. The van der Waals surface area contributed by atoms with Crippen LogP contribution in [0.2, 0.25) is 0 Å². The highest BCUT2D eigenvalue weighted by Gasteiger charge is 2.30. The Morgan fingerprint density at radius 3 is 3.00 bits per heavy atom. The smallest absolute Gasteiger partial charge is 0.174 e. The minimum absolute atomic E-state index is 0.324. The van der Waals surface area contributed by atoms with Crippen molar-refractivity contribution in [3.05, 3.63) is 23.9 Å². The molecule has 0 amide bonds. The van der Waals surface area contributed by atoms with Gasteiger partial charge in [-0.2, -0.15) is 0 Å². The van der Waals surface area contributed by atoms with Gasteiger partial charge in [-0.25, -0.2) is 0 Å². The first kappa shape index (κ1) is 8.47. The average molecular weight is 180 g/mol. The van der Waals surface area contributed by atoms with Crippen LogP contribution in [-0.4, -0.2) is 39.8 Å². The number of rotatable bonds is 1. The number of allylic oxidation sites excluding steroid dienone is 2. The van der Waals surface area contributed by atoms with E-state index in [2.05, 4.69) is 4.99 Å². The molecule has 4 nitrogen and oxygen atoms in total. The molecule has 0 fully saturated rings. The maximum atomic E-state index is 9.06. The van der Waals surface area contributed by atoms with Crippen LogP contribution >= 0.6 is 0 Å². The number of aliphatic hydroxyl groups excluding tert-OH is 1. The maximum Gasteiger partial charge on any atom is 0.174 e. The predicted molar refractivity (Wildman–Crippen MR) is 49.1 cm³/mol. The van der Waals surface area contributed by atoms with Gasteiger partial charge in [-0.05, 0) is 18.6 Å². The minimum Gasteiger partial charge on any atom is -0.366 e. The molecule has 4 heteroatoms. The molecule has 2 aliphatic rings. The Balaban J connectivity index is 2.24. The first-order valence-electron chi connectivity index (χ1n) is 4.24. The van der Waals surface area contributed by atoms with Crippen LogP contribution in [0.1, 0.15) is 6.92 Å². The minimum atomic E-state index is -1.34. The van der Waals surface area contributed by atoms with Crippen LogP contribution in [0.5, 0.6) is 0 Å². The van der Waals surface area contributed by atoms with Crippen LogP contribution in [0.15, 0.2) is 28.9 Å². The molecule has 0 aromatic heterocycles. The van der Waals surface area contributed by atoms with Gasteiger partial charge in [-0.1, -0.05) is 6.08 Å². The van der Waals surface area contributed by atoms with E-state index in [1.165, 1.54) is 0 Å². The lowest BCUT2D eigenvalue weighted by atomic mass is 10.2. The molecule has 0 aromatic rings. The van der Waals surface area contributed by atoms with Gasteiger partial charge < -0.3 is 15.1 Å². The first-order chi connectivity index (χ1) is 6.18. The molecule has 0 aromatic carbocycles. The summed E-state index contributed by atoms with van der Waals surface area (Å²) >= 11 is 0. The fourth-order valence-electron chi connectivity index (χ4n) is 1.53. The van der Waals surface area contributed by atoms with Crippen molar-refractivity contribution >= 4 is 5.84 Å². The number of hydrogen-bond acceptors (Lipinski definition) is 4. The molecule has 0 bridgehead atoms. The molecule has 0 radical (unpaired) electrons. The predicted octanol–water partition coefficient (Wildman–Crippen LogP) is -0.147. The van der Waals surface area contributed by atoms with Crippen molar-refractivity contribution in [2.24, 2.45) is 4.99 Å². The van der Waals surface area contributed by atoms with Crippen LogP contribution in [0.25, 0.3) is 0 Å². The van der Waals surface area contributed by atoms with E-state index in [0.29, 0.717) is 6.54 Å². The van der Waals surface area contributed by atoms with E-state index in [4.69, 9.17) is 10.2 Å². The molecule has 2 heterocycles. The van der Waals surface area contributed by atoms with Gasteiger partial charge in [0.15, 0.2) is 6.29 Å². The summed E-state index contributed by atoms with van der Waals surface area (Å²) in [6, 6.07) is -0.324. The zero-order valence-corrected chi connectivity index (χ0v) is 7.38. The quantitative estimate of drug-likeness (QED) is 0.552. The SMILES string of the molecule is CC1=CN2C(=NCC2C(O)O)C=C1. The lowest BCUT2D eigenvalue weighted by molar-refractivity contribution is -0.0746. The number of amidine groups is 1. The lowest BCUT2D eigenvalue weighted by Crippen LogP contribution is -2.41. The molecule has 0 saturated heterocycles. The Morgan fingerprint density at radius 2 is 2.31 bits per heavy atom. The van der Waals surface area contributed by atoms with Gasteiger partial charge in [-0.3, -0.25) is 4.99 Å². The molecule has 13 heavy (non-hydrogen) atoms. The summed E-state index contributed by atoms with van der Waals surface area (Å²) in [6.45, 7) is 2.41. The summed E-state index contributed by atoms with van der Waals surface area (Å²) in [4.78, 5) is 5.99. The van der Waals surface area contributed by atoms with Crippen molar-refractivity contribution in [3.63, 3.8) is 0 Å². The molecule has 0 aliphatic carbocycles. The van der Waals surface area contributed by atoms with Gasteiger partial charge in [0.25, 0.3) is 0 Å². The standard InChI is InChI=1S/C9H12N2O2/c1-6-2-3-8-10-4-7(9(12)13)11(8)5-6/h2-3,5,7,9,12-13H,4H2,1H3. The number of aliphatic imine (C=N–C) groups is 1. The van der Waals surface area contributed by atoms with Crippen LogP contribution in [0, 0.1) is 0 Å². The van der Waals surface area contributed by atoms with Crippen molar-refractivity contribution in [1.82, 2.24) is 4.90 Å². The molecule has 70 valence electrons. The van der Waals surface area contributed by atoms with Crippen LogP contribution in [0.4, 0.5) is 0 Å². The molecule has 1 atom stereocenters. The fraction of sp³-hybridized carbons (Fsp3) is 0.444. The molecule has 2 N–H and O–H groups in total. The van der Waals surface area contributed by atoms with E-state index < -0.39 is 6.29 Å². The Kier molecular flexibility index (Phi) is 1.94. The van der Waals surface area contributed by atoms with E-state index in [0.717, 1.165) is 11.4 Å². The van der Waals surface area contributed by atoms with Crippen LogP contribution in [-0.2, 0) is 0 Å². The monoisotopic (exact) mass is 180 g/mol. The lowest BCUT2D eigenvalue weighted by Gasteiger charge is -2.26. The molecular weight excluding hydrogens is 168 g/mol. The van der Waals surface area contributed by atoms with Crippen molar-refractivity contribution < 1.29 is 10.2 Å². The number of hydrogen-bond donors (Lipinski definition) is 2. The van der Waals surface area contributed by atoms with Crippen LogP contribution in [0.3, 0.4) is 0 Å². The topological polar surface area (TPSA) is 56.1 Å². The van der Waals surface area contributed by atoms with Crippen molar-refractivity contribution in [2.45, 2.75) is 19.3 Å². The number of aliphatic hydroxyl groups is 2. The van der Waals surface area contributed by atoms with E-state index in [1.807, 2.05) is 25.3 Å². The van der Waals surface area contributed by atoms with Gasteiger partial charge in [0.2, 0.25) is 0 Å². The molecule has 0 spiro atoms. The van der Waals surface area contributed by atoms with E-state index in [1.54, 1.807) is 4.90 Å². The summed E-state index contributed by atoms with van der Waals surface area (Å²) in [5, 5.41) is 18.1. The molecule has 2 rings (SSSR count). The van der Waals surface area contributed by atoms with Crippen molar-refractivity contribution in [1.29, 1.82) is 0 Å². The molecular formula is C9H12N2O2. The fourth-order valence-corrected chi connectivity index (χ4v) is 1.53.